The highest BCUT2D eigenvalue weighted by molar-refractivity contribution is 6.17. The Kier molecular flexibility index (Phi) is 1.21. The van der Waals surface area contributed by atoms with Crippen molar-refractivity contribution in [1.82, 2.24) is 0 Å². The molecule has 1 atom stereocenters. The van der Waals surface area contributed by atoms with Gasteiger partial charge in [-0.3, -0.25) is 9.79 Å². The Morgan fingerprint density at radius 2 is 2.36 bits per heavy atom. The Hall–Kier alpha value is -1.65. The van der Waals surface area contributed by atoms with Crippen LogP contribution in [0.25, 0.3) is 0 Å². The van der Waals surface area contributed by atoms with Crippen LogP contribution in [0.4, 0.5) is 0 Å². The van der Waals surface area contributed by atoms with Crippen molar-refractivity contribution in [2.24, 2.45) is 20.4 Å². The molecule has 0 aliphatic carbocycles. The second kappa shape index (κ2) is 2.19. The molecule has 5 heteroatoms. The van der Waals surface area contributed by atoms with Crippen LogP contribution in [-0.2, 0) is 4.79 Å². The summed E-state index contributed by atoms with van der Waals surface area (Å²) >= 11 is 0. The molecule has 1 amide bonds. The number of fused-ring (bicyclic) bond motifs is 1. The molecule has 2 aliphatic rings. The zero-order valence-electron chi connectivity index (χ0n) is 5.51. The Morgan fingerprint density at radius 3 is 3.18 bits per heavy atom. The van der Waals surface area contributed by atoms with Crippen molar-refractivity contribution < 1.29 is 4.79 Å². The van der Waals surface area contributed by atoms with Gasteiger partial charge in [0, 0.05) is 6.21 Å². The zero-order valence-corrected chi connectivity index (χ0v) is 5.51. The number of dihydropyridines is 1. The average molecular weight is 148 g/mol. The molecule has 0 spiro atoms. The summed E-state index contributed by atoms with van der Waals surface area (Å²) < 4.78 is 0. The molecule has 0 saturated heterocycles. The van der Waals surface area contributed by atoms with Crippen LogP contribution in [0.5, 0.6) is 0 Å². The standard InChI is InChI=1S/C6H4N4O/c11-6-5-4(8-10-9-6)2-1-3-7-5/h1-3,5H. The summed E-state index contributed by atoms with van der Waals surface area (Å²) in [4.78, 5) is 14.8. The Labute approximate surface area is 62.2 Å². The number of aliphatic imine (C=N–C) groups is 1. The molecule has 0 radical (unpaired) electrons. The number of carbonyl (C=O) groups is 1. The van der Waals surface area contributed by atoms with Gasteiger partial charge < -0.3 is 0 Å². The SMILES string of the molecule is O=C1N=NN=C2C=CC=NC12. The lowest BCUT2D eigenvalue weighted by Gasteiger charge is -2.11. The molecule has 11 heavy (non-hydrogen) atoms. The molecule has 0 aromatic heterocycles. The first kappa shape index (κ1) is 6.09. The highest BCUT2D eigenvalue weighted by Crippen LogP contribution is 2.08. The molecular weight excluding hydrogens is 144 g/mol. The number of carbonyl (C=O) groups excluding carboxylic acids is 1. The van der Waals surface area contributed by atoms with E-state index in [2.05, 4.69) is 20.4 Å². The number of amides is 1. The largest absolute Gasteiger partial charge is 0.297 e. The van der Waals surface area contributed by atoms with Gasteiger partial charge in [-0.2, -0.15) is 0 Å². The van der Waals surface area contributed by atoms with Gasteiger partial charge in [-0.05, 0) is 17.4 Å². The number of nitrogens with zero attached hydrogens (tertiary/aromatic N) is 4. The number of hydrogen-bond donors (Lipinski definition) is 0. The van der Waals surface area contributed by atoms with Crippen molar-refractivity contribution in [2.75, 3.05) is 0 Å². The lowest BCUT2D eigenvalue weighted by molar-refractivity contribution is -0.118. The minimum Gasteiger partial charge on any atom is -0.273 e. The lowest BCUT2D eigenvalue weighted by Crippen LogP contribution is -2.29. The normalized spacial score (nSPS) is 26.7. The van der Waals surface area contributed by atoms with Gasteiger partial charge in [0.15, 0.2) is 6.04 Å². The molecule has 2 rings (SSSR count). The molecular formula is C6H4N4O. The summed E-state index contributed by atoms with van der Waals surface area (Å²) in [6, 6.07) is -0.544. The zero-order chi connectivity index (χ0) is 7.68. The second-order valence-corrected chi connectivity index (χ2v) is 2.11. The third-order valence-electron chi connectivity index (χ3n) is 1.41. The van der Waals surface area contributed by atoms with E-state index in [1.54, 1.807) is 18.4 Å². The topological polar surface area (TPSA) is 66.5 Å². The quantitative estimate of drug-likeness (QED) is 0.488. The van der Waals surface area contributed by atoms with Crippen LogP contribution in [0, 0.1) is 0 Å². The third kappa shape index (κ3) is 0.899. The summed E-state index contributed by atoms with van der Waals surface area (Å²) in [5, 5.41) is 10.2. The van der Waals surface area contributed by atoms with E-state index in [0.29, 0.717) is 5.71 Å². The van der Waals surface area contributed by atoms with Crippen molar-refractivity contribution >= 4 is 17.8 Å². The fraction of sp³-hybridized carbons (Fsp3) is 0.167. The monoisotopic (exact) mass is 148 g/mol. The lowest BCUT2D eigenvalue weighted by atomic mass is 10.1. The molecule has 2 aliphatic heterocycles. The van der Waals surface area contributed by atoms with Gasteiger partial charge in [0.25, 0.3) is 5.91 Å². The molecule has 0 aromatic carbocycles. The van der Waals surface area contributed by atoms with E-state index in [0.717, 1.165) is 0 Å². The third-order valence-corrected chi connectivity index (χ3v) is 1.41. The Bertz CT molecular complexity index is 313. The maximum Gasteiger partial charge on any atom is 0.297 e. The van der Waals surface area contributed by atoms with Crippen LogP contribution >= 0.6 is 0 Å². The highest BCUT2D eigenvalue weighted by Gasteiger charge is 2.25. The molecule has 2 heterocycles. The van der Waals surface area contributed by atoms with Gasteiger partial charge in [0.05, 0.1) is 5.71 Å². The van der Waals surface area contributed by atoms with Gasteiger partial charge in [-0.1, -0.05) is 5.11 Å². The van der Waals surface area contributed by atoms with Gasteiger partial charge in [-0.25, -0.2) is 0 Å². The predicted molar refractivity (Wildman–Crippen MR) is 38.7 cm³/mol. The first-order valence-corrected chi connectivity index (χ1v) is 3.10. The number of allylic oxidation sites excluding steroid dienone is 1. The molecule has 54 valence electrons. The number of hydrogen-bond acceptors (Lipinski definition) is 4. The summed E-state index contributed by atoms with van der Waals surface area (Å²) in [6.07, 6.45) is 4.97. The summed E-state index contributed by atoms with van der Waals surface area (Å²) in [5.74, 6) is -0.351. The summed E-state index contributed by atoms with van der Waals surface area (Å²) in [7, 11) is 0. The van der Waals surface area contributed by atoms with Gasteiger partial charge in [-0.15, -0.1) is 5.10 Å². The van der Waals surface area contributed by atoms with E-state index in [4.69, 9.17) is 0 Å². The minimum absolute atomic E-state index is 0.351. The van der Waals surface area contributed by atoms with Crippen LogP contribution in [0.2, 0.25) is 0 Å². The van der Waals surface area contributed by atoms with E-state index in [-0.39, 0.29) is 5.91 Å². The van der Waals surface area contributed by atoms with Crippen LogP contribution in [-0.4, -0.2) is 23.9 Å². The first-order chi connectivity index (χ1) is 5.38. The van der Waals surface area contributed by atoms with Gasteiger partial charge in [0.1, 0.15) is 0 Å². The minimum atomic E-state index is -0.544. The van der Waals surface area contributed by atoms with E-state index in [1.807, 2.05) is 0 Å². The smallest absolute Gasteiger partial charge is 0.273 e. The fourth-order valence-electron chi connectivity index (χ4n) is 0.896. The second-order valence-electron chi connectivity index (χ2n) is 2.11. The van der Waals surface area contributed by atoms with Crippen molar-refractivity contribution in [2.45, 2.75) is 6.04 Å². The van der Waals surface area contributed by atoms with Crippen LogP contribution in [0.15, 0.2) is 32.6 Å². The number of rotatable bonds is 0. The van der Waals surface area contributed by atoms with Crippen molar-refractivity contribution in [3.63, 3.8) is 0 Å². The first-order valence-electron chi connectivity index (χ1n) is 3.10. The van der Waals surface area contributed by atoms with Gasteiger partial charge in [0.2, 0.25) is 0 Å². The van der Waals surface area contributed by atoms with Crippen LogP contribution in [0.1, 0.15) is 0 Å². The maximum absolute atomic E-state index is 10.9. The van der Waals surface area contributed by atoms with E-state index in [1.165, 1.54) is 0 Å². The molecule has 0 aromatic rings. The Balaban J connectivity index is 2.43. The van der Waals surface area contributed by atoms with Crippen LogP contribution in [0.3, 0.4) is 0 Å². The summed E-state index contributed by atoms with van der Waals surface area (Å²) in [5.41, 5.74) is 0.563. The maximum atomic E-state index is 10.9. The highest BCUT2D eigenvalue weighted by atomic mass is 16.2. The average Bonchev–Trinajstić information content (AvgIpc) is 2.06. The predicted octanol–water partition coefficient (Wildman–Crippen LogP) is 0.344. The molecule has 0 N–H and O–H groups in total. The summed E-state index contributed by atoms with van der Waals surface area (Å²) in [6.45, 7) is 0. The molecule has 0 fully saturated rings. The van der Waals surface area contributed by atoms with E-state index < -0.39 is 6.04 Å². The van der Waals surface area contributed by atoms with E-state index >= 15 is 0 Å². The molecule has 0 saturated carbocycles. The van der Waals surface area contributed by atoms with Crippen molar-refractivity contribution in [3.8, 4) is 0 Å². The Morgan fingerprint density at radius 1 is 1.45 bits per heavy atom. The van der Waals surface area contributed by atoms with E-state index in [9.17, 15) is 4.79 Å². The van der Waals surface area contributed by atoms with Crippen molar-refractivity contribution in [1.29, 1.82) is 0 Å². The molecule has 5 nitrogen and oxygen atoms in total. The van der Waals surface area contributed by atoms with Crippen molar-refractivity contribution in [3.05, 3.63) is 12.2 Å². The van der Waals surface area contributed by atoms with Crippen LogP contribution < -0.4 is 0 Å². The fourth-order valence-corrected chi connectivity index (χ4v) is 0.896. The van der Waals surface area contributed by atoms with Gasteiger partial charge >= 0.3 is 0 Å². The molecule has 1 unspecified atom stereocenters. The molecule has 0 bridgehead atoms.